The summed E-state index contributed by atoms with van der Waals surface area (Å²) < 4.78 is 31.7. The molecule has 1 saturated heterocycles. The molecular formula is C15H22F2IN3O. The van der Waals surface area contributed by atoms with Crippen molar-refractivity contribution in [2.45, 2.75) is 13.3 Å². The third kappa shape index (κ3) is 5.35. The predicted octanol–water partition coefficient (Wildman–Crippen LogP) is 2.33. The zero-order valence-electron chi connectivity index (χ0n) is 12.8. The molecular weight excluding hydrogens is 403 g/mol. The van der Waals surface area contributed by atoms with Gasteiger partial charge in [0.2, 0.25) is 0 Å². The van der Waals surface area contributed by atoms with E-state index >= 15 is 0 Å². The standard InChI is InChI=1S/C15H21F2N3O.HI/c1-15(9-21-10-15)8-20-14(18-2)19-6-5-11-7-12(16)3-4-13(11)17;/h3-4,7H,5-6,8-10H2,1-2H3,(H2,18,19,20);1H. The van der Waals surface area contributed by atoms with Gasteiger partial charge in [0.05, 0.1) is 13.2 Å². The van der Waals surface area contributed by atoms with E-state index in [4.69, 9.17) is 4.74 Å². The lowest BCUT2D eigenvalue weighted by atomic mass is 9.89. The van der Waals surface area contributed by atoms with Crippen molar-refractivity contribution in [3.05, 3.63) is 35.4 Å². The van der Waals surface area contributed by atoms with E-state index in [1.54, 1.807) is 7.05 Å². The first-order chi connectivity index (χ1) is 10.0. The minimum absolute atomic E-state index is 0. The number of benzene rings is 1. The molecule has 2 N–H and O–H groups in total. The lowest BCUT2D eigenvalue weighted by Gasteiger charge is -2.38. The molecule has 0 saturated carbocycles. The smallest absolute Gasteiger partial charge is 0.191 e. The highest BCUT2D eigenvalue weighted by atomic mass is 127. The Bertz CT molecular complexity index is 522. The second-order valence-electron chi connectivity index (χ2n) is 5.64. The molecule has 0 spiro atoms. The zero-order chi connectivity index (χ0) is 15.3. The monoisotopic (exact) mass is 425 g/mol. The fourth-order valence-electron chi connectivity index (χ4n) is 2.12. The first kappa shape index (κ1) is 19.1. The third-order valence-corrected chi connectivity index (χ3v) is 3.50. The highest BCUT2D eigenvalue weighted by Gasteiger charge is 2.33. The molecule has 1 heterocycles. The molecule has 0 aliphatic carbocycles. The summed E-state index contributed by atoms with van der Waals surface area (Å²) in [7, 11) is 1.68. The Kier molecular flexibility index (Phi) is 7.47. The second-order valence-corrected chi connectivity index (χ2v) is 5.64. The van der Waals surface area contributed by atoms with Gasteiger partial charge in [0.25, 0.3) is 0 Å². The largest absolute Gasteiger partial charge is 0.380 e. The number of nitrogens with zero attached hydrogens (tertiary/aromatic N) is 1. The van der Waals surface area contributed by atoms with Gasteiger partial charge in [-0.3, -0.25) is 4.99 Å². The molecule has 0 aromatic heterocycles. The van der Waals surface area contributed by atoms with Crippen LogP contribution in [0.2, 0.25) is 0 Å². The molecule has 1 fully saturated rings. The number of rotatable bonds is 5. The van der Waals surface area contributed by atoms with Crippen LogP contribution in [0.15, 0.2) is 23.2 Å². The van der Waals surface area contributed by atoms with Crippen molar-refractivity contribution in [2.75, 3.05) is 33.4 Å². The number of hydrogen-bond donors (Lipinski definition) is 2. The number of hydrogen-bond acceptors (Lipinski definition) is 2. The summed E-state index contributed by atoms with van der Waals surface area (Å²) in [6.07, 6.45) is 0.394. The van der Waals surface area contributed by atoms with Gasteiger partial charge in [-0.15, -0.1) is 24.0 Å². The van der Waals surface area contributed by atoms with E-state index < -0.39 is 5.82 Å². The molecule has 1 aliphatic rings. The summed E-state index contributed by atoms with van der Waals surface area (Å²) in [6.45, 7) is 4.87. The molecule has 1 aromatic rings. The molecule has 4 nitrogen and oxygen atoms in total. The van der Waals surface area contributed by atoms with Crippen LogP contribution in [0.3, 0.4) is 0 Å². The number of aliphatic imine (C=N–C) groups is 1. The molecule has 1 aromatic carbocycles. The summed E-state index contributed by atoms with van der Waals surface area (Å²) in [5, 5.41) is 6.31. The predicted molar refractivity (Wildman–Crippen MR) is 93.8 cm³/mol. The van der Waals surface area contributed by atoms with Crippen LogP contribution in [0.25, 0.3) is 0 Å². The van der Waals surface area contributed by atoms with Crippen LogP contribution >= 0.6 is 24.0 Å². The number of guanidine groups is 1. The van der Waals surface area contributed by atoms with Crippen LogP contribution in [0.1, 0.15) is 12.5 Å². The minimum Gasteiger partial charge on any atom is -0.380 e. The van der Waals surface area contributed by atoms with Gasteiger partial charge >= 0.3 is 0 Å². The average molecular weight is 425 g/mol. The Morgan fingerprint density at radius 2 is 2.05 bits per heavy atom. The van der Waals surface area contributed by atoms with Crippen molar-refractivity contribution in [1.82, 2.24) is 10.6 Å². The SMILES string of the molecule is CN=C(NCCc1cc(F)ccc1F)NCC1(C)COC1.I. The molecule has 2 rings (SSSR count). The highest BCUT2D eigenvalue weighted by Crippen LogP contribution is 2.24. The van der Waals surface area contributed by atoms with E-state index in [1.165, 1.54) is 6.07 Å². The van der Waals surface area contributed by atoms with E-state index in [0.717, 1.165) is 31.9 Å². The number of halogens is 3. The lowest BCUT2D eigenvalue weighted by molar-refractivity contribution is -0.0971. The first-order valence-corrected chi connectivity index (χ1v) is 6.99. The summed E-state index contributed by atoms with van der Waals surface area (Å²) >= 11 is 0. The Labute approximate surface area is 146 Å². The van der Waals surface area contributed by atoms with Crippen LogP contribution < -0.4 is 10.6 Å². The molecule has 7 heteroatoms. The van der Waals surface area contributed by atoms with Gasteiger partial charge in [0.1, 0.15) is 11.6 Å². The van der Waals surface area contributed by atoms with Gasteiger partial charge in [-0.2, -0.15) is 0 Å². The molecule has 0 unspecified atom stereocenters. The normalized spacial score (nSPS) is 16.5. The van der Waals surface area contributed by atoms with E-state index in [9.17, 15) is 8.78 Å². The lowest BCUT2D eigenvalue weighted by Crippen LogP contribution is -2.51. The molecule has 0 atom stereocenters. The topological polar surface area (TPSA) is 45.7 Å². The third-order valence-electron chi connectivity index (χ3n) is 3.50. The zero-order valence-corrected chi connectivity index (χ0v) is 15.1. The molecule has 0 amide bonds. The summed E-state index contributed by atoms with van der Waals surface area (Å²) in [5.41, 5.74) is 0.504. The van der Waals surface area contributed by atoms with E-state index in [2.05, 4.69) is 22.5 Å². The van der Waals surface area contributed by atoms with Crippen molar-refractivity contribution in [3.8, 4) is 0 Å². The molecule has 22 heavy (non-hydrogen) atoms. The van der Waals surface area contributed by atoms with Crippen LogP contribution in [-0.2, 0) is 11.2 Å². The van der Waals surface area contributed by atoms with Crippen LogP contribution in [0, 0.1) is 17.0 Å². The van der Waals surface area contributed by atoms with Crippen molar-refractivity contribution in [3.63, 3.8) is 0 Å². The fourth-order valence-corrected chi connectivity index (χ4v) is 2.12. The Hall–Kier alpha value is -0.960. The van der Waals surface area contributed by atoms with Gasteiger partial charge < -0.3 is 15.4 Å². The van der Waals surface area contributed by atoms with Crippen molar-refractivity contribution >= 4 is 29.9 Å². The van der Waals surface area contributed by atoms with Gasteiger partial charge in [-0.1, -0.05) is 6.92 Å². The van der Waals surface area contributed by atoms with Crippen molar-refractivity contribution < 1.29 is 13.5 Å². The van der Waals surface area contributed by atoms with Gasteiger partial charge in [-0.25, -0.2) is 8.78 Å². The van der Waals surface area contributed by atoms with Gasteiger partial charge in [0.15, 0.2) is 5.96 Å². The van der Waals surface area contributed by atoms with Crippen LogP contribution in [0.5, 0.6) is 0 Å². The fraction of sp³-hybridized carbons (Fsp3) is 0.533. The van der Waals surface area contributed by atoms with E-state index in [0.29, 0.717) is 24.5 Å². The average Bonchev–Trinajstić information content (AvgIpc) is 2.44. The maximum Gasteiger partial charge on any atom is 0.191 e. The molecule has 0 radical (unpaired) electrons. The minimum atomic E-state index is -0.424. The summed E-state index contributed by atoms with van der Waals surface area (Å²) in [4.78, 5) is 4.11. The quantitative estimate of drug-likeness (QED) is 0.433. The van der Waals surface area contributed by atoms with Crippen LogP contribution in [-0.4, -0.2) is 39.3 Å². The Morgan fingerprint density at radius 3 is 2.64 bits per heavy atom. The van der Waals surface area contributed by atoms with Crippen LogP contribution in [0.4, 0.5) is 8.78 Å². The summed E-state index contributed by atoms with van der Waals surface area (Å²) in [6, 6.07) is 3.49. The van der Waals surface area contributed by atoms with Gasteiger partial charge in [-0.05, 0) is 30.2 Å². The van der Waals surface area contributed by atoms with Crippen molar-refractivity contribution in [1.29, 1.82) is 0 Å². The van der Waals surface area contributed by atoms with E-state index in [1.807, 2.05) is 0 Å². The second kappa shape index (κ2) is 8.61. The maximum absolute atomic E-state index is 13.5. The van der Waals surface area contributed by atoms with Gasteiger partial charge in [0, 0.05) is 25.6 Å². The first-order valence-electron chi connectivity index (χ1n) is 6.99. The Morgan fingerprint density at radius 1 is 1.32 bits per heavy atom. The number of nitrogens with one attached hydrogen (secondary N) is 2. The molecule has 124 valence electrons. The number of ether oxygens (including phenoxy) is 1. The highest BCUT2D eigenvalue weighted by molar-refractivity contribution is 14.0. The maximum atomic E-state index is 13.5. The Balaban J connectivity index is 0.00000242. The molecule has 1 aliphatic heterocycles. The van der Waals surface area contributed by atoms with Crippen molar-refractivity contribution in [2.24, 2.45) is 10.4 Å². The molecule has 0 bridgehead atoms. The summed E-state index contributed by atoms with van der Waals surface area (Å²) in [5.74, 6) is -0.160. The van der Waals surface area contributed by atoms with E-state index in [-0.39, 0.29) is 35.2 Å².